The van der Waals surface area contributed by atoms with Gasteiger partial charge in [-0.3, -0.25) is 0 Å². The molecule has 0 heteroatoms. The lowest BCUT2D eigenvalue weighted by Gasteiger charge is -2.00. The first kappa shape index (κ1) is 13.1. The summed E-state index contributed by atoms with van der Waals surface area (Å²) in [5.41, 5.74) is 2.74. The second-order valence-electron chi connectivity index (χ2n) is 4.23. The lowest BCUT2D eigenvalue weighted by atomic mass is 10.1. The summed E-state index contributed by atoms with van der Waals surface area (Å²) in [4.78, 5) is 0. The molecular weight excluding hydrogens is 228 g/mol. The summed E-state index contributed by atoms with van der Waals surface area (Å²) in [6, 6.07) is 33.6. The Morgan fingerprint density at radius 1 is 0.526 bits per heavy atom. The van der Waals surface area contributed by atoms with Crippen LogP contribution in [0.4, 0.5) is 0 Å². The molecule has 0 saturated heterocycles. The fourth-order valence-electron chi connectivity index (χ4n) is 1.77. The average molecular weight is 245 g/mol. The van der Waals surface area contributed by atoms with Gasteiger partial charge < -0.3 is 0 Å². The van der Waals surface area contributed by atoms with E-state index in [9.17, 15) is 0 Å². The van der Waals surface area contributed by atoms with Gasteiger partial charge in [0.05, 0.1) is 0 Å². The molecule has 0 aliphatic heterocycles. The van der Waals surface area contributed by atoms with E-state index in [1.54, 1.807) is 0 Å². The number of benzene rings is 3. The van der Waals surface area contributed by atoms with E-state index in [-0.39, 0.29) is 0 Å². The Kier molecular flexibility index (Phi) is 5.44. The third-order valence-corrected chi connectivity index (χ3v) is 2.70. The van der Waals surface area contributed by atoms with Crippen molar-refractivity contribution in [3.63, 3.8) is 0 Å². The molecule has 0 aliphatic rings. The summed E-state index contributed by atoms with van der Waals surface area (Å²) in [6.45, 7) is 0. The van der Waals surface area contributed by atoms with Crippen LogP contribution in [0.5, 0.6) is 0 Å². The van der Waals surface area contributed by atoms with Gasteiger partial charge in [0, 0.05) is 0 Å². The van der Waals surface area contributed by atoms with Crippen LogP contribution < -0.4 is 0 Å². The van der Waals surface area contributed by atoms with Crippen LogP contribution in [-0.2, 0) is 6.42 Å². The van der Waals surface area contributed by atoms with Crippen molar-refractivity contribution in [3.8, 4) is 0 Å². The van der Waals surface area contributed by atoms with Crippen molar-refractivity contribution in [3.05, 3.63) is 108 Å². The lowest BCUT2D eigenvalue weighted by Crippen LogP contribution is -1.85. The zero-order valence-corrected chi connectivity index (χ0v) is 10.9. The van der Waals surface area contributed by atoms with Gasteiger partial charge in [0.15, 0.2) is 0 Å². The minimum Gasteiger partial charge on any atom is -0.0622 e. The van der Waals surface area contributed by atoms with Crippen molar-refractivity contribution in [2.24, 2.45) is 0 Å². The Hall–Kier alpha value is -2.34. The summed E-state index contributed by atoms with van der Waals surface area (Å²) in [6.07, 6.45) is 1.03. The van der Waals surface area contributed by atoms with Gasteiger partial charge in [-0.1, -0.05) is 91.0 Å². The molecule has 0 aromatic heterocycles. The number of hydrogen-bond donors (Lipinski definition) is 0. The monoisotopic (exact) mass is 245 g/mol. The highest BCUT2D eigenvalue weighted by Crippen LogP contribution is 2.07. The highest BCUT2D eigenvalue weighted by molar-refractivity contribution is 5.25. The summed E-state index contributed by atoms with van der Waals surface area (Å²) < 4.78 is 0. The number of hydrogen-bond acceptors (Lipinski definition) is 0. The van der Waals surface area contributed by atoms with Gasteiger partial charge in [-0.2, -0.15) is 0 Å². The molecule has 0 nitrogen and oxygen atoms in total. The summed E-state index contributed by atoms with van der Waals surface area (Å²) >= 11 is 0. The fraction of sp³-hybridized carbons (Fsp3) is 0.0526. The van der Waals surface area contributed by atoms with Crippen molar-refractivity contribution in [1.82, 2.24) is 0 Å². The molecule has 1 radical (unpaired) electrons. The van der Waals surface area contributed by atoms with Gasteiger partial charge in [0.2, 0.25) is 0 Å². The van der Waals surface area contributed by atoms with Crippen molar-refractivity contribution in [1.29, 1.82) is 0 Å². The van der Waals surface area contributed by atoms with E-state index in [4.69, 9.17) is 0 Å². The molecule has 0 unspecified atom stereocenters. The lowest BCUT2D eigenvalue weighted by molar-refractivity contribution is 1.19. The summed E-state index contributed by atoms with van der Waals surface area (Å²) in [5.74, 6) is 0. The van der Waals surface area contributed by atoms with Gasteiger partial charge in [-0.15, -0.1) is 0 Å². The van der Waals surface area contributed by atoms with Crippen LogP contribution in [0, 0.1) is 6.07 Å². The van der Waals surface area contributed by atoms with E-state index < -0.39 is 0 Å². The zero-order valence-electron chi connectivity index (χ0n) is 10.9. The Labute approximate surface area is 115 Å². The Morgan fingerprint density at radius 2 is 0.947 bits per heavy atom. The van der Waals surface area contributed by atoms with Gasteiger partial charge in [-0.25, -0.2) is 0 Å². The first-order valence-corrected chi connectivity index (χ1v) is 6.44. The smallest absolute Gasteiger partial charge is 0.00258 e. The molecule has 3 aromatic carbocycles. The minimum absolute atomic E-state index is 1.03. The predicted molar refractivity (Wildman–Crippen MR) is 81.0 cm³/mol. The fourth-order valence-corrected chi connectivity index (χ4v) is 1.77. The third-order valence-electron chi connectivity index (χ3n) is 2.70. The molecule has 0 N–H and O–H groups in total. The standard InChI is InChI=1S/C13H12.C6H5/c1-3-7-12(8-4-1)11-13-9-5-2-6-10-13;1-2-4-6-5-3-1/h1-10H,11H2;1-5H. The van der Waals surface area contributed by atoms with Crippen LogP contribution in [0.25, 0.3) is 0 Å². The van der Waals surface area contributed by atoms with E-state index in [1.165, 1.54) is 11.1 Å². The average Bonchev–Trinajstić information content (AvgIpc) is 2.52. The molecule has 3 rings (SSSR count). The predicted octanol–water partition coefficient (Wildman–Crippen LogP) is 4.76. The van der Waals surface area contributed by atoms with Crippen LogP contribution in [0.2, 0.25) is 0 Å². The number of rotatable bonds is 2. The highest BCUT2D eigenvalue weighted by Gasteiger charge is 1.92. The highest BCUT2D eigenvalue weighted by atomic mass is 14.0. The van der Waals surface area contributed by atoms with Crippen LogP contribution in [-0.4, -0.2) is 0 Å². The summed E-state index contributed by atoms with van der Waals surface area (Å²) in [5, 5.41) is 0. The van der Waals surface area contributed by atoms with Crippen molar-refractivity contribution in [2.45, 2.75) is 6.42 Å². The molecular formula is C19H17. The molecule has 0 atom stereocenters. The van der Waals surface area contributed by atoms with Crippen LogP contribution in [0.15, 0.2) is 91.0 Å². The topological polar surface area (TPSA) is 0 Å². The molecule has 0 heterocycles. The largest absolute Gasteiger partial charge is 0.0622 e. The van der Waals surface area contributed by atoms with E-state index in [0.29, 0.717) is 0 Å². The van der Waals surface area contributed by atoms with Gasteiger partial charge in [-0.05, 0) is 23.6 Å². The van der Waals surface area contributed by atoms with Crippen LogP contribution in [0.1, 0.15) is 11.1 Å². The van der Waals surface area contributed by atoms with Gasteiger partial charge in [0.25, 0.3) is 0 Å². The minimum atomic E-state index is 1.03. The Bertz CT molecular complexity index is 477. The molecule has 0 fully saturated rings. The second-order valence-corrected chi connectivity index (χ2v) is 4.23. The van der Waals surface area contributed by atoms with E-state index in [2.05, 4.69) is 66.7 Å². The molecule has 3 aromatic rings. The SMILES string of the molecule is [c]1ccccc1.c1ccc(Cc2ccccc2)cc1. The second kappa shape index (κ2) is 7.88. The van der Waals surface area contributed by atoms with Crippen LogP contribution >= 0.6 is 0 Å². The quantitative estimate of drug-likeness (QED) is 0.610. The van der Waals surface area contributed by atoms with E-state index >= 15 is 0 Å². The van der Waals surface area contributed by atoms with Gasteiger partial charge >= 0.3 is 0 Å². The zero-order chi connectivity index (χ0) is 13.2. The van der Waals surface area contributed by atoms with E-state index in [0.717, 1.165) is 6.42 Å². The molecule has 0 aliphatic carbocycles. The normalized spacial score (nSPS) is 9.26. The Morgan fingerprint density at radius 3 is 1.26 bits per heavy atom. The molecule has 0 spiro atoms. The first-order valence-electron chi connectivity index (χ1n) is 6.44. The third kappa shape index (κ3) is 5.22. The van der Waals surface area contributed by atoms with Crippen LogP contribution in [0.3, 0.4) is 0 Å². The maximum Gasteiger partial charge on any atom is -0.00258 e. The molecule has 19 heavy (non-hydrogen) atoms. The Balaban J connectivity index is 0.000000186. The van der Waals surface area contributed by atoms with E-state index in [1.807, 2.05) is 30.3 Å². The van der Waals surface area contributed by atoms with Crippen molar-refractivity contribution in [2.75, 3.05) is 0 Å². The summed E-state index contributed by atoms with van der Waals surface area (Å²) in [7, 11) is 0. The van der Waals surface area contributed by atoms with Crippen molar-refractivity contribution >= 4 is 0 Å². The maximum absolute atomic E-state index is 2.89. The van der Waals surface area contributed by atoms with Crippen molar-refractivity contribution < 1.29 is 0 Å². The first-order chi connectivity index (χ1) is 9.45. The molecule has 0 amide bonds. The van der Waals surface area contributed by atoms with Gasteiger partial charge in [0.1, 0.15) is 0 Å². The molecule has 93 valence electrons. The molecule has 0 bridgehead atoms. The molecule has 0 saturated carbocycles. The maximum atomic E-state index is 2.89.